The van der Waals surface area contributed by atoms with E-state index in [1.54, 1.807) is 12.1 Å². The second kappa shape index (κ2) is 7.26. The van der Waals surface area contributed by atoms with Crippen molar-refractivity contribution in [2.45, 2.75) is 12.0 Å². The second-order valence-corrected chi connectivity index (χ2v) is 5.70. The summed E-state index contributed by atoms with van der Waals surface area (Å²) < 4.78 is 69.6. The third kappa shape index (κ3) is 3.20. The Morgan fingerprint density at radius 2 is 1.52 bits per heavy atom. The minimum absolute atomic E-state index is 0.129. The molecule has 2 unspecified atom stereocenters. The number of halogens is 4. The summed E-state index contributed by atoms with van der Waals surface area (Å²) in [6, 6.07) is 14.3. The number of hydrogen-bond donors (Lipinski definition) is 0. The number of hydrogen-bond acceptors (Lipinski definition) is 3. The van der Waals surface area contributed by atoms with Crippen LogP contribution in [0, 0.1) is 0 Å². The van der Waals surface area contributed by atoms with Crippen LogP contribution in [0.4, 0.5) is 17.6 Å². The minimum atomic E-state index is -3.49. The van der Waals surface area contributed by atoms with Crippen LogP contribution >= 0.6 is 0 Å². The molecule has 3 rings (SSSR count). The Kier molecular flexibility index (Phi) is 5.03. The molecular formula is C20H14F4O3. The third-order valence-electron chi connectivity index (χ3n) is 4.05. The Morgan fingerprint density at radius 3 is 2.07 bits per heavy atom. The van der Waals surface area contributed by atoms with Crippen LogP contribution in [0.15, 0.2) is 77.9 Å². The maximum Gasteiger partial charge on any atom is 0.340 e. The number of carbonyl (C=O) groups is 1. The Labute approximate surface area is 152 Å². The average Bonchev–Trinajstić information content (AvgIpc) is 2.68. The molecule has 7 heteroatoms. The van der Waals surface area contributed by atoms with E-state index in [2.05, 4.69) is 4.74 Å². The van der Waals surface area contributed by atoms with Gasteiger partial charge in [0.05, 0.1) is 12.7 Å². The van der Waals surface area contributed by atoms with Gasteiger partial charge in [-0.3, -0.25) is 0 Å². The molecule has 0 bridgehead atoms. The topological polar surface area (TPSA) is 35.5 Å². The van der Waals surface area contributed by atoms with E-state index in [-0.39, 0.29) is 11.3 Å². The molecule has 0 saturated heterocycles. The molecule has 1 aliphatic carbocycles. The summed E-state index contributed by atoms with van der Waals surface area (Å²) in [5, 5.41) is 0. The predicted molar refractivity (Wildman–Crippen MR) is 90.4 cm³/mol. The molecule has 0 fully saturated rings. The molecule has 2 aromatic rings. The summed E-state index contributed by atoms with van der Waals surface area (Å²) in [5.41, 5.74) is -2.52. The van der Waals surface area contributed by atoms with E-state index < -0.39 is 40.8 Å². The first-order chi connectivity index (χ1) is 12.9. The van der Waals surface area contributed by atoms with Crippen LogP contribution in [0.1, 0.15) is 5.56 Å². The van der Waals surface area contributed by atoms with Crippen molar-refractivity contribution in [1.29, 1.82) is 0 Å². The average molecular weight is 378 g/mol. The fourth-order valence-corrected chi connectivity index (χ4v) is 2.80. The van der Waals surface area contributed by atoms with Crippen molar-refractivity contribution < 1.29 is 31.8 Å². The number of benzene rings is 2. The predicted octanol–water partition coefficient (Wildman–Crippen LogP) is 4.86. The van der Waals surface area contributed by atoms with Crippen molar-refractivity contribution >= 4 is 11.5 Å². The molecule has 0 amide bonds. The molecule has 0 aliphatic heterocycles. The van der Waals surface area contributed by atoms with E-state index in [1.807, 2.05) is 0 Å². The van der Waals surface area contributed by atoms with Gasteiger partial charge in [0.25, 0.3) is 0 Å². The van der Waals surface area contributed by atoms with Gasteiger partial charge < -0.3 is 9.47 Å². The maximum atomic E-state index is 15.9. The molecule has 2 atom stereocenters. The molecule has 0 N–H and O–H groups in total. The normalized spacial score (nSPS) is 22.6. The van der Waals surface area contributed by atoms with Crippen LogP contribution in [0.2, 0.25) is 0 Å². The van der Waals surface area contributed by atoms with E-state index in [1.165, 1.54) is 48.5 Å². The lowest BCUT2D eigenvalue weighted by Gasteiger charge is -2.35. The molecule has 0 saturated carbocycles. The Hall–Kier alpha value is -3.09. The molecule has 140 valence electrons. The fourth-order valence-electron chi connectivity index (χ4n) is 2.80. The summed E-state index contributed by atoms with van der Waals surface area (Å²) in [5.74, 6) is -8.70. The zero-order valence-electron chi connectivity index (χ0n) is 14.1. The van der Waals surface area contributed by atoms with Crippen LogP contribution in [0.5, 0.6) is 5.75 Å². The van der Waals surface area contributed by atoms with Crippen molar-refractivity contribution in [3.63, 3.8) is 0 Å². The summed E-state index contributed by atoms with van der Waals surface area (Å²) >= 11 is 0. The van der Waals surface area contributed by atoms with Gasteiger partial charge in [-0.15, -0.1) is 0 Å². The Balaban J connectivity index is 2.24. The first-order valence-electron chi connectivity index (χ1n) is 7.91. The van der Waals surface area contributed by atoms with E-state index >= 15 is 8.78 Å². The maximum absolute atomic E-state index is 15.9. The number of para-hydroxylation sites is 1. The van der Waals surface area contributed by atoms with Gasteiger partial charge >= 0.3 is 11.8 Å². The first kappa shape index (κ1) is 18.7. The molecular weight excluding hydrogens is 364 g/mol. The smallest absolute Gasteiger partial charge is 0.340 e. The molecule has 0 heterocycles. The standard InChI is InChI=1S/C20H14F4O3/c1-26-19(25)14-16(21)17(22)15(12-8-4-2-5-9-12)20(24,18(14)23)27-13-10-6-3-7-11-13/h2-11,18H,1H3. The quantitative estimate of drug-likeness (QED) is 0.563. The fraction of sp³-hybridized carbons (Fsp3) is 0.150. The van der Waals surface area contributed by atoms with Crippen molar-refractivity contribution in [2.24, 2.45) is 0 Å². The highest BCUT2D eigenvalue weighted by Crippen LogP contribution is 2.48. The molecule has 0 radical (unpaired) electrons. The molecule has 27 heavy (non-hydrogen) atoms. The third-order valence-corrected chi connectivity index (χ3v) is 4.05. The highest BCUT2D eigenvalue weighted by molar-refractivity contribution is 5.95. The van der Waals surface area contributed by atoms with Gasteiger partial charge in [-0.05, 0) is 17.7 Å². The van der Waals surface area contributed by atoms with Gasteiger partial charge in [0.1, 0.15) is 11.3 Å². The van der Waals surface area contributed by atoms with E-state index in [0.29, 0.717) is 0 Å². The monoisotopic (exact) mass is 378 g/mol. The van der Waals surface area contributed by atoms with Crippen molar-refractivity contribution in [2.75, 3.05) is 7.11 Å². The van der Waals surface area contributed by atoms with Crippen LogP contribution in [0.25, 0.3) is 5.57 Å². The molecule has 0 aromatic heterocycles. The number of alkyl halides is 2. The highest BCUT2D eigenvalue weighted by atomic mass is 19.2. The Morgan fingerprint density at radius 1 is 0.963 bits per heavy atom. The number of rotatable bonds is 4. The largest absolute Gasteiger partial charge is 0.465 e. The summed E-state index contributed by atoms with van der Waals surface area (Å²) in [6.45, 7) is 0. The highest BCUT2D eigenvalue weighted by Gasteiger charge is 2.57. The summed E-state index contributed by atoms with van der Waals surface area (Å²) in [6.07, 6.45) is -2.96. The lowest BCUT2D eigenvalue weighted by Crippen LogP contribution is -2.47. The molecule has 1 aliphatic rings. The van der Waals surface area contributed by atoms with Gasteiger partial charge in [0, 0.05) is 0 Å². The van der Waals surface area contributed by atoms with Gasteiger partial charge in [0.15, 0.2) is 11.7 Å². The van der Waals surface area contributed by atoms with E-state index in [9.17, 15) is 13.6 Å². The lowest BCUT2D eigenvalue weighted by molar-refractivity contribution is -0.140. The van der Waals surface area contributed by atoms with Crippen molar-refractivity contribution in [3.8, 4) is 5.75 Å². The molecule has 2 aromatic carbocycles. The summed E-state index contributed by atoms with van der Waals surface area (Å²) in [7, 11) is 0.849. The zero-order valence-corrected chi connectivity index (χ0v) is 14.1. The number of allylic oxidation sites excluding steroid dienone is 2. The van der Waals surface area contributed by atoms with E-state index in [4.69, 9.17) is 4.74 Å². The van der Waals surface area contributed by atoms with Crippen molar-refractivity contribution in [3.05, 3.63) is 83.5 Å². The number of carbonyl (C=O) groups excluding carboxylic acids is 1. The van der Waals surface area contributed by atoms with Gasteiger partial charge in [-0.25, -0.2) is 18.0 Å². The SMILES string of the molecule is COC(=O)C1=C(F)C(F)=C(c2ccccc2)C(F)(Oc2ccccc2)C1F. The molecule has 3 nitrogen and oxygen atoms in total. The van der Waals surface area contributed by atoms with Crippen LogP contribution in [0.3, 0.4) is 0 Å². The van der Waals surface area contributed by atoms with Gasteiger partial charge in [0.2, 0.25) is 6.17 Å². The summed E-state index contributed by atoms with van der Waals surface area (Å²) in [4.78, 5) is 11.7. The van der Waals surface area contributed by atoms with Crippen LogP contribution in [-0.4, -0.2) is 25.1 Å². The number of esters is 1. The van der Waals surface area contributed by atoms with Crippen LogP contribution < -0.4 is 4.74 Å². The first-order valence-corrected chi connectivity index (χ1v) is 7.91. The van der Waals surface area contributed by atoms with Crippen molar-refractivity contribution in [1.82, 2.24) is 0 Å². The lowest BCUT2D eigenvalue weighted by atomic mass is 9.85. The van der Waals surface area contributed by atoms with Gasteiger partial charge in [-0.2, -0.15) is 4.39 Å². The Bertz CT molecular complexity index is 909. The second-order valence-electron chi connectivity index (χ2n) is 5.70. The van der Waals surface area contributed by atoms with Crippen LogP contribution in [-0.2, 0) is 9.53 Å². The molecule has 0 spiro atoms. The zero-order chi connectivity index (χ0) is 19.6. The number of methoxy groups -OCH3 is 1. The number of ether oxygens (including phenoxy) is 2. The van der Waals surface area contributed by atoms with Gasteiger partial charge in [-0.1, -0.05) is 48.5 Å². The minimum Gasteiger partial charge on any atom is -0.465 e. The van der Waals surface area contributed by atoms with E-state index in [0.717, 1.165) is 7.11 Å².